The quantitative estimate of drug-likeness (QED) is 0.681. The number of carbonyl (C=O) groups is 2. The van der Waals surface area contributed by atoms with Crippen molar-refractivity contribution in [2.24, 2.45) is 5.92 Å². The smallest absolute Gasteiger partial charge is 0.256 e. The second-order valence-electron chi connectivity index (χ2n) is 7.07. The number of likely N-dealkylation sites (tertiary alicyclic amines) is 1. The second kappa shape index (κ2) is 10.3. The van der Waals surface area contributed by atoms with Gasteiger partial charge in [0.05, 0.1) is 25.3 Å². The summed E-state index contributed by atoms with van der Waals surface area (Å²) in [5.41, 5.74) is 1.13. The van der Waals surface area contributed by atoms with Crippen LogP contribution in [0.5, 0.6) is 11.5 Å². The van der Waals surface area contributed by atoms with E-state index >= 15 is 0 Å². The van der Waals surface area contributed by atoms with Crippen LogP contribution in [0.15, 0.2) is 41.6 Å². The maximum atomic E-state index is 12.8. The van der Waals surface area contributed by atoms with E-state index in [9.17, 15) is 9.59 Å². The van der Waals surface area contributed by atoms with E-state index in [0.29, 0.717) is 48.2 Å². The van der Waals surface area contributed by atoms with Crippen molar-refractivity contribution in [2.45, 2.75) is 17.9 Å². The van der Waals surface area contributed by atoms with Crippen LogP contribution in [0, 0.1) is 5.92 Å². The zero-order valence-corrected chi connectivity index (χ0v) is 18.3. The van der Waals surface area contributed by atoms with E-state index in [0.717, 1.165) is 17.9 Å². The Bertz CT molecular complexity index is 898. The number of nitrogens with zero attached hydrogens (tertiary/aromatic N) is 2. The number of aromatic nitrogens is 1. The summed E-state index contributed by atoms with van der Waals surface area (Å²) in [4.78, 5) is 31.6. The van der Waals surface area contributed by atoms with Crippen LogP contribution in [0.2, 0.25) is 0 Å². The number of hydrogen-bond acceptors (Lipinski definition) is 6. The Morgan fingerprint density at radius 1 is 1.17 bits per heavy atom. The highest BCUT2D eigenvalue weighted by Crippen LogP contribution is 2.25. The molecule has 160 valence electrons. The molecule has 1 aromatic carbocycles. The lowest BCUT2D eigenvalue weighted by atomic mass is 9.96. The van der Waals surface area contributed by atoms with Crippen LogP contribution < -0.4 is 14.8 Å². The molecule has 1 aromatic heterocycles. The van der Waals surface area contributed by atoms with Gasteiger partial charge in [0.2, 0.25) is 0 Å². The maximum Gasteiger partial charge on any atom is 0.256 e. The molecule has 2 aromatic rings. The summed E-state index contributed by atoms with van der Waals surface area (Å²) < 4.78 is 10.5. The largest absolute Gasteiger partial charge is 0.497 e. The normalized spacial score (nSPS) is 14.3. The number of ether oxygens (including phenoxy) is 2. The number of hydrogen-bond donors (Lipinski definition) is 1. The molecule has 0 unspecified atom stereocenters. The molecule has 7 nitrogen and oxygen atoms in total. The Hall–Kier alpha value is -2.74. The summed E-state index contributed by atoms with van der Waals surface area (Å²) in [5, 5.41) is 3.75. The Kier molecular flexibility index (Phi) is 7.57. The number of rotatable bonds is 7. The molecule has 0 radical (unpaired) electrons. The molecule has 0 spiro atoms. The minimum atomic E-state index is -0.173. The van der Waals surface area contributed by atoms with Crippen LogP contribution in [0.25, 0.3) is 0 Å². The van der Waals surface area contributed by atoms with E-state index in [1.165, 1.54) is 18.9 Å². The third kappa shape index (κ3) is 5.05. The van der Waals surface area contributed by atoms with Gasteiger partial charge in [-0.1, -0.05) is 0 Å². The van der Waals surface area contributed by atoms with E-state index in [1.54, 1.807) is 37.6 Å². The van der Waals surface area contributed by atoms with E-state index in [1.807, 2.05) is 17.2 Å². The number of carbonyl (C=O) groups excluding carboxylic acids is 2. The van der Waals surface area contributed by atoms with Gasteiger partial charge in [-0.25, -0.2) is 4.98 Å². The van der Waals surface area contributed by atoms with Crippen LogP contribution in [0.3, 0.4) is 0 Å². The van der Waals surface area contributed by atoms with Crippen molar-refractivity contribution in [3.05, 3.63) is 47.7 Å². The summed E-state index contributed by atoms with van der Waals surface area (Å²) in [7, 11) is 3.10. The number of nitrogens with one attached hydrogen (secondary N) is 1. The van der Waals surface area contributed by atoms with Crippen LogP contribution in [0.4, 0.5) is 0 Å². The molecule has 0 atom stereocenters. The summed E-state index contributed by atoms with van der Waals surface area (Å²) in [6.45, 7) is 1.92. The van der Waals surface area contributed by atoms with E-state index in [2.05, 4.69) is 10.3 Å². The molecule has 1 aliphatic heterocycles. The Morgan fingerprint density at radius 2 is 1.93 bits per heavy atom. The molecule has 3 rings (SSSR count). The lowest BCUT2D eigenvalue weighted by Gasteiger charge is -2.32. The Labute approximate surface area is 181 Å². The minimum Gasteiger partial charge on any atom is -0.497 e. The van der Waals surface area contributed by atoms with Gasteiger partial charge in [-0.3, -0.25) is 9.59 Å². The third-order valence-corrected chi connectivity index (χ3v) is 6.01. The van der Waals surface area contributed by atoms with E-state index in [-0.39, 0.29) is 11.8 Å². The number of piperidine rings is 1. The standard InChI is InChI=1S/C22H27N3O4S/c1-28-16-6-7-17(19(13-16)29-2)20(26)24-14-15-8-11-25(12-9-15)22(27)18-5-4-10-23-21(18)30-3/h4-7,10,13,15H,8-9,11-12,14H2,1-3H3,(H,24,26). The predicted octanol–water partition coefficient (Wildman–Crippen LogP) is 3.10. The van der Waals surface area contributed by atoms with Crippen LogP contribution in [-0.4, -0.2) is 61.8 Å². The third-order valence-electron chi connectivity index (χ3n) is 5.30. The SMILES string of the molecule is COc1ccc(C(=O)NCC2CCN(C(=O)c3cccnc3SC)CC2)c(OC)c1. The number of pyridine rings is 1. The lowest BCUT2D eigenvalue weighted by molar-refractivity contribution is 0.0680. The summed E-state index contributed by atoms with van der Waals surface area (Å²) in [6, 6.07) is 8.76. The van der Waals surface area contributed by atoms with Crippen molar-refractivity contribution in [3.8, 4) is 11.5 Å². The first-order chi connectivity index (χ1) is 14.6. The van der Waals surface area contributed by atoms with Gasteiger partial charge in [0.25, 0.3) is 11.8 Å². The van der Waals surface area contributed by atoms with Crippen LogP contribution >= 0.6 is 11.8 Å². The van der Waals surface area contributed by atoms with Crippen LogP contribution in [0.1, 0.15) is 33.6 Å². The van der Waals surface area contributed by atoms with Gasteiger partial charge in [0.1, 0.15) is 16.5 Å². The highest BCUT2D eigenvalue weighted by atomic mass is 32.2. The maximum absolute atomic E-state index is 12.8. The van der Waals surface area contributed by atoms with Crippen molar-refractivity contribution in [3.63, 3.8) is 0 Å². The molecule has 8 heteroatoms. The van der Waals surface area contributed by atoms with E-state index < -0.39 is 0 Å². The molecule has 0 saturated carbocycles. The second-order valence-corrected chi connectivity index (χ2v) is 7.87. The van der Waals surface area contributed by atoms with E-state index in [4.69, 9.17) is 9.47 Å². The van der Waals surface area contributed by atoms with Crippen molar-refractivity contribution in [1.29, 1.82) is 0 Å². The number of amides is 2. The first-order valence-electron chi connectivity index (χ1n) is 9.85. The first-order valence-corrected chi connectivity index (χ1v) is 11.1. The van der Waals surface area contributed by atoms with Gasteiger partial charge in [-0.2, -0.15) is 0 Å². The molecule has 0 bridgehead atoms. The number of thioether (sulfide) groups is 1. The molecule has 1 saturated heterocycles. The van der Waals surface area contributed by atoms with Gasteiger partial charge < -0.3 is 19.7 Å². The fourth-order valence-corrected chi connectivity index (χ4v) is 4.09. The number of methoxy groups -OCH3 is 2. The highest BCUT2D eigenvalue weighted by molar-refractivity contribution is 7.98. The average Bonchev–Trinajstić information content (AvgIpc) is 2.81. The molecule has 1 fully saturated rings. The molecule has 1 N–H and O–H groups in total. The van der Waals surface area contributed by atoms with Crippen molar-refractivity contribution in [2.75, 3.05) is 40.1 Å². The topological polar surface area (TPSA) is 80.8 Å². The van der Waals surface area contributed by atoms with Crippen molar-refractivity contribution < 1.29 is 19.1 Å². The first kappa shape index (κ1) is 22.0. The van der Waals surface area contributed by atoms with Gasteiger partial charge in [0.15, 0.2) is 0 Å². The molecule has 30 heavy (non-hydrogen) atoms. The zero-order valence-electron chi connectivity index (χ0n) is 17.5. The zero-order chi connectivity index (χ0) is 21.5. The summed E-state index contributed by atoms with van der Waals surface area (Å²) in [5.74, 6) is 1.30. The van der Waals surface area contributed by atoms with Crippen molar-refractivity contribution in [1.82, 2.24) is 15.2 Å². The fourth-order valence-electron chi connectivity index (χ4n) is 3.55. The average molecular weight is 430 g/mol. The van der Waals surface area contributed by atoms with Gasteiger partial charge in [0, 0.05) is 31.9 Å². The molecule has 2 heterocycles. The van der Waals surface area contributed by atoms with Crippen LogP contribution in [-0.2, 0) is 0 Å². The minimum absolute atomic E-state index is 0.0258. The predicted molar refractivity (Wildman–Crippen MR) is 117 cm³/mol. The monoisotopic (exact) mass is 429 g/mol. The Balaban J connectivity index is 1.53. The van der Waals surface area contributed by atoms with Gasteiger partial charge in [-0.05, 0) is 49.3 Å². The summed E-state index contributed by atoms with van der Waals surface area (Å²) in [6.07, 6.45) is 5.32. The highest BCUT2D eigenvalue weighted by Gasteiger charge is 2.26. The van der Waals surface area contributed by atoms with Crippen molar-refractivity contribution >= 4 is 23.6 Å². The number of benzene rings is 1. The summed E-state index contributed by atoms with van der Waals surface area (Å²) >= 11 is 1.48. The molecular weight excluding hydrogens is 402 g/mol. The van der Waals surface area contributed by atoms with Gasteiger partial charge >= 0.3 is 0 Å². The fraction of sp³-hybridized carbons (Fsp3) is 0.409. The van der Waals surface area contributed by atoms with Gasteiger partial charge in [-0.15, -0.1) is 11.8 Å². The molecule has 1 aliphatic rings. The molecule has 0 aliphatic carbocycles. The molecular formula is C22H27N3O4S. The molecule has 2 amide bonds. The Morgan fingerprint density at radius 3 is 2.60 bits per heavy atom. The lowest BCUT2D eigenvalue weighted by Crippen LogP contribution is -2.41.